The molecule has 17 nitrogen and oxygen atoms in total. The summed E-state index contributed by atoms with van der Waals surface area (Å²) in [6.45, 7) is 11.6. The molecule has 0 aliphatic rings. The zero-order valence-electron chi connectivity index (χ0n) is 56.0. The van der Waals surface area contributed by atoms with Crippen LogP contribution in [0.1, 0.15) is 312 Å². The lowest BCUT2D eigenvalue weighted by molar-refractivity contribution is -0.161. The van der Waals surface area contributed by atoms with Gasteiger partial charge < -0.3 is 33.8 Å². The third-order valence-corrected chi connectivity index (χ3v) is 17.3. The minimum absolute atomic E-state index is 0.0838. The van der Waals surface area contributed by atoms with Crippen LogP contribution in [-0.2, 0) is 65.4 Å². The molecule has 0 fully saturated rings. The molecule has 0 aromatic heterocycles. The molecule has 0 aliphatic carbocycles. The predicted molar refractivity (Wildman–Crippen MR) is 349 cm³/mol. The molecular weight excluding hydrogens is 1150 g/mol. The Kier molecular flexibility index (Phi) is 57.0. The van der Waals surface area contributed by atoms with E-state index in [2.05, 4.69) is 72.8 Å². The minimum atomic E-state index is -4.96. The van der Waals surface area contributed by atoms with Crippen molar-refractivity contribution in [3.8, 4) is 0 Å². The van der Waals surface area contributed by atoms with Gasteiger partial charge >= 0.3 is 39.5 Å². The van der Waals surface area contributed by atoms with Gasteiger partial charge in [-0.2, -0.15) is 0 Å². The Balaban J connectivity index is 5.29. The summed E-state index contributed by atoms with van der Waals surface area (Å²) in [5.74, 6) is 0.00808. The third-order valence-electron chi connectivity index (χ3n) is 15.4. The fourth-order valence-electron chi connectivity index (χ4n) is 9.61. The fraction of sp³-hybridized carbons (Fsp3) is 0.882. The summed E-state index contributed by atoms with van der Waals surface area (Å²) in [4.78, 5) is 72.4. The van der Waals surface area contributed by atoms with E-state index >= 15 is 0 Å². The van der Waals surface area contributed by atoms with Gasteiger partial charge in [0.05, 0.1) is 26.4 Å². The van der Waals surface area contributed by atoms with Crippen LogP contribution in [0.4, 0.5) is 0 Å². The van der Waals surface area contributed by atoms with Gasteiger partial charge in [0.15, 0.2) is 12.2 Å². The van der Waals surface area contributed by atoms with Crippen molar-refractivity contribution in [2.45, 2.75) is 330 Å². The number of hydrogen-bond donors (Lipinski definition) is 3. The lowest BCUT2D eigenvalue weighted by atomic mass is 9.99. The van der Waals surface area contributed by atoms with Gasteiger partial charge in [0.25, 0.3) is 0 Å². The molecule has 6 atom stereocenters. The first-order valence-corrected chi connectivity index (χ1v) is 37.7. The van der Waals surface area contributed by atoms with Crippen molar-refractivity contribution in [3.63, 3.8) is 0 Å². The second kappa shape index (κ2) is 58.6. The molecule has 3 N–H and O–H groups in total. The molecule has 0 bridgehead atoms. The molecule has 0 amide bonds. The van der Waals surface area contributed by atoms with Crippen LogP contribution in [0, 0.1) is 17.8 Å². The van der Waals surface area contributed by atoms with Crippen molar-refractivity contribution in [2.75, 3.05) is 39.6 Å². The number of phosphoric acid groups is 2. The number of hydrogen-bond acceptors (Lipinski definition) is 15. The summed E-state index contributed by atoms with van der Waals surface area (Å²) in [7, 11) is -9.91. The summed E-state index contributed by atoms with van der Waals surface area (Å²) in [5.41, 5.74) is 0. The molecule has 0 rings (SSSR count). The van der Waals surface area contributed by atoms with Gasteiger partial charge in [0.1, 0.15) is 19.3 Å². The maximum atomic E-state index is 13.0. The number of esters is 4. The van der Waals surface area contributed by atoms with E-state index in [1.807, 2.05) is 0 Å². The van der Waals surface area contributed by atoms with Crippen molar-refractivity contribution in [1.82, 2.24) is 0 Å². The molecule has 0 saturated carbocycles. The molecule has 512 valence electrons. The first-order valence-electron chi connectivity index (χ1n) is 34.7. The second-order valence-corrected chi connectivity index (χ2v) is 28.0. The number of carbonyl (C=O) groups excluding carboxylic acids is 4. The number of phosphoric ester groups is 2. The van der Waals surface area contributed by atoms with Crippen LogP contribution >= 0.6 is 15.6 Å². The Bertz CT molecular complexity index is 1810. The SMILES string of the molecule is CCCCCC/C=C\C=C/CCCCCCCC(=O)O[C@H](COC(=O)CCCCCCCCCCC(C)CC)COP(=O)(O)OCC(O)COP(=O)(O)OC[C@@H](COC(=O)CCCCCCCCCC(C)C)OC(=O)CCCCCCCCCC(C)C. The average Bonchev–Trinajstić information content (AvgIpc) is 3.51. The summed E-state index contributed by atoms with van der Waals surface area (Å²) in [6.07, 6.45) is 44.0. The van der Waals surface area contributed by atoms with Gasteiger partial charge in [-0.3, -0.25) is 37.3 Å². The fourth-order valence-corrected chi connectivity index (χ4v) is 11.2. The standard InChI is InChI=1S/C68H128O17P2/c1-8-10-11-12-13-14-15-16-17-18-19-20-29-37-44-51-67(72)84-63(55-78-65(70)49-42-35-28-22-21-27-34-41-48-61(7)9-2)57-82-86(74,75)80-53-62(69)54-81-87(76,77)83-58-64(85-68(73)52-45-38-31-24-26-33-40-47-60(5)6)56-79-66(71)50-43-36-30-23-25-32-39-46-59(3)4/h14-17,59-64,69H,8-13,18-58H2,1-7H3,(H,74,75)(H,76,77)/b15-14-,17-16-/t61?,62?,63-,64-/m1/s1. The highest BCUT2D eigenvalue weighted by Crippen LogP contribution is 2.45. The van der Waals surface area contributed by atoms with Crippen LogP contribution in [-0.4, -0.2) is 96.7 Å². The third kappa shape index (κ3) is 60.9. The second-order valence-electron chi connectivity index (χ2n) is 25.1. The van der Waals surface area contributed by atoms with E-state index in [1.165, 1.54) is 103 Å². The molecule has 4 unspecified atom stereocenters. The number of rotatable bonds is 64. The molecular formula is C68H128O17P2. The maximum absolute atomic E-state index is 13.0. The number of carbonyl (C=O) groups is 4. The summed E-state index contributed by atoms with van der Waals surface area (Å²) < 4.78 is 68.1. The largest absolute Gasteiger partial charge is 0.472 e. The molecule has 0 aromatic carbocycles. The van der Waals surface area contributed by atoms with Gasteiger partial charge in [-0.05, 0) is 69.1 Å². The number of aliphatic hydroxyl groups is 1. The van der Waals surface area contributed by atoms with Crippen molar-refractivity contribution < 1.29 is 80.2 Å². The van der Waals surface area contributed by atoms with E-state index in [9.17, 15) is 43.2 Å². The average molecular weight is 1280 g/mol. The first-order chi connectivity index (χ1) is 41.8. The van der Waals surface area contributed by atoms with Crippen LogP contribution in [0.25, 0.3) is 0 Å². The minimum Gasteiger partial charge on any atom is -0.462 e. The molecule has 0 heterocycles. The van der Waals surface area contributed by atoms with Crippen LogP contribution in [0.2, 0.25) is 0 Å². The molecule has 0 saturated heterocycles. The van der Waals surface area contributed by atoms with E-state index in [-0.39, 0.29) is 25.7 Å². The zero-order valence-corrected chi connectivity index (χ0v) is 57.7. The highest BCUT2D eigenvalue weighted by atomic mass is 31.2. The topological polar surface area (TPSA) is 237 Å². The van der Waals surface area contributed by atoms with Crippen molar-refractivity contribution in [1.29, 1.82) is 0 Å². The Morgan fingerprint density at radius 1 is 0.379 bits per heavy atom. The van der Waals surface area contributed by atoms with Crippen molar-refractivity contribution in [2.24, 2.45) is 17.8 Å². The lowest BCUT2D eigenvalue weighted by Gasteiger charge is -2.21. The number of unbranched alkanes of at least 4 members (excludes halogenated alkanes) is 28. The van der Waals surface area contributed by atoms with E-state index in [0.717, 1.165) is 115 Å². The summed E-state index contributed by atoms with van der Waals surface area (Å²) in [6, 6.07) is 0. The van der Waals surface area contributed by atoms with Crippen molar-refractivity contribution in [3.05, 3.63) is 24.3 Å². The van der Waals surface area contributed by atoms with E-state index in [1.54, 1.807) is 0 Å². The van der Waals surface area contributed by atoms with Gasteiger partial charge in [-0.15, -0.1) is 0 Å². The lowest BCUT2D eigenvalue weighted by Crippen LogP contribution is -2.30. The van der Waals surface area contributed by atoms with Gasteiger partial charge in [0, 0.05) is 25.7 Å². The van der Waals surface area contributed by atoms with Crippen LogP contribution in [0.15, 0.2) is 24.3 Å². The number of allylic oxidation sites excluding steroid dienone is 4. The van der Waals surface area contributed by atoms with E-state index in [0.29, 0.717) is 37.5 Å². The normalized spacial score (nSPS) is 14.8. The van der Waals surface area contributed by atoms with Gasteiger partial charge in [-0.1, -0.05) is 259 Å². The smallest absolute Gasteiger partial charge is 0.462 e. The van der Waals surface area contributed by atoms with Crippen molar-refractivity contribution >= 4 is 39.5 Å². The predicted octanol–water partition coefficient (Wildman–Crippen LogP) is 18.6. The Morgan fingerprint density at radius 3 is 1.02 bits per heavy atom. The Hall–Kier alpha value is -2.46. The quantitative estimate of drug-likeness (QED) is 0.0169. The van der Waals surface area contributed by atoms with Gasteiger partial charge in [0.2, 0.25) is 0 Å². The van der Waals surface area contributed by atoms with Gasteiger partial charge in [-0.25, -0.2) is 9.13 Å². The van der Waals surface area contributed by atoms with E-state index < -0.39 is 97.5 Å². The zero-order chi connectivity index (χ0) is 64.5. The number of aliphatic hydroxyl groups excluding tert-OH is 1. The molecule has 0 radical (unpaired) electrons. The highest BCUT2D eigenvalue weighted by molar-refractivity contribution is 7.47. The molecule has 19 heteroatoms. The molecule has 0 spiro atoms. The first kappa shape index (κ1) is 84.5. The monoisotopic (exact) mass is 1280 g/mol. The maximum Gasteiger partial charge on any atom is 0.472 e. The number of ether oxygens (including phenoxy) is 4. The molecule has 0 aromatic rings. The Labute approximate surface area is 529 Å². The summed E-state index contributed by atoms with van der Waals surface area (Å²) in [5, 5.41) is 10.6. The summed E-state index contributed by atoms with van der Waals surface area (Å²) >= 11 is 0. The van der Waals surface area contributed by atoms with Crippen LogP contribution in [0.5, 0.6) is 0 Å². The Morgan fingerprint density at radius 2 is 0.678 bits per heavy atom. The molecule has 0 aliphatic heterocycles. The van der Waals surface area contributed by atoms with Crippen LogP contribution < -0.4 is 0 Å². The molecule has 87 heavy (non-hydrogen) atoms. The van der Waals surface area contributed by atoms with E-state index in [4.69, 9.17) is 37.0 Å². The van der Waals surface area contributed by atoms with Crippen LogP contribution in [0.3, 0.4) is 0 Å². The highest BCUT2D eigenvalue weighted by Gasteiger charge is 2.30.